The smallest absolute Gasteiger partial charge is 0.341 e. The third kappa shape index (κ3) is 2.73. The molecule has 88 valence electrons. The van der Waals surface area contributed by atoms with Gasteiger partial charge in [0.15, 0.2) is 0 Å². The molecule has 0 aliphatic carbocycles. The molecule has 0 unspecified atom stereocenters. The van der Waals surface area contributed by atoms with Crippen LogP contribution in [-0.2, 0) is 4.74 Å². The molecule has 0 aliphatic rings. The van der Waals surface area contributed by atoms with Crippen LogP contribution in [0.5, 0.6) is 0 Å². The van der Waals surface area contributed by atoms with Gasteiger partial charge in [-0.2, -0.15) is 0 Å². The topological polar surface area (TPSA) is 52.3 Å². The lowest BCUT2D eigenvalue weighted by molar-refractivity contribution is 0.0506. The van der Waals surface area contributed by atoms with Crippen LogP contribution in [0.2, 0.25) is 15.1 Å². The molecule has 0 radical (unpaired) electrons. The quantitative estimate of drug-likeness (QED) is 0.521. The fourth-order valence-electron chi connectivity index (χ4n) is 1.08. The summed E-state index contributed by atoms with van der Waals surface area (Å²) in [5.74, 6) is -0.617. The van der Waals surface area contributed by atoms with Gasteiger partial charge in [-0.1, -0.05) is 41.7 Å². The van der Waals surface area contributed by atoms with Crippen LogP contribution in [0.25, 0.3) is 0 Å². The average Bonchev–Trinajstić information content (AvgIpc) is 2.24. The molecule has 16 heavy (non-hydrogen) atoms. The second-order valence-electron chi connectivity index (χ2n) is 3.08. The summed E-state index contributed by atoms with van der Waals surface area (Å²) in [5.41, 5.74) is 5.75. The fraction of sp³-hybridized carbons (Fsp3) is 0.300. The van der Waals surface area contributed by atoms with Gasteiger partial charge in [0.25, 0.3) is 0 Å². The zero-order valence-corrected chi connectivity index (χ0v) is 10.8. The number of benzene rings is 1. The summed E-state index contributed by atoms with van der Waals surface area (Å²) < 4.78 is 4.93. The minimum atomic E-state index is -0.617. The van der Waals surface area contributed by atoms with E-state index < -0.39 is 5.97 Å². The Kier molecular flexibility index (Phi) is 4.71. The van der Waals surface area contributed by atoms with E-state index in [1.165, 1.54) is 6.07 Å². The first-order valence-corrected chi connectivity index (χ1v) is 5.72. The highest BCUT2D eigenvalue weighted by molar-refractivity contribution is 6.46. The Morgan fingerprint density at radius 2 is 2.00 bits per heavy atom. The average molecular weight is 283 g/mol. The Balaban J connectivity index is 3.16. The molecule has 0 atom stereocenters. The summed E-state index contributed by atoms with van der Waals surface area (Å²) >= 11 is 17.5. The number of hydrogen-bond donors (Lipinski definition) is 1. The minimum absolute atomic E-state index is 0.0209. The van der Waals surface area contributed by atoms with Gasteiger partial charge in [0.1, 0.15) is 5.56 Å². The van der Waals surface area contributed by atoms with Crippen molar-refractivity contribution in [1.29, 1.82) is 0 Å². The van der Waals surface area contributed by atoms with Gasteiger partial charge in [-0.25, -0.2) is 4.79 Å². The first kappa shape index (κ1) is 13.4. The summed E-state index contributed by atoms with van der Waals surface area (Å²) in [5, 5.41) is 0.409. The summed E-state index contributed by atoms with van der Waals surface area (Å²) in [6.07, 6.45) is 0.706. The largest absolute Gasteiger partial charge is 0.462 e. The van der Waals surface area contributed by atoms with Crippen LogP contribution >= 0.6 is 34.8 Å². The maximum Gasteiger partial charge on any atom is 0.341 e. The molecule has 0 spiro atoms. The van der Waals surface area contributed by atoms with Crippen LogP contribution in [0.15, 0.2) is 6.07 Å². The predicted octanol–water partition coefficient (Wildman–Crippen LogP) is 3.80. The molecule has 3 nitrogen and oxygen atoms in total. The van der Waals surface area contributed by atoms with Crippen LogP contribution in [-0.4, -0.2) is 12.6 Å². The summed E-state index contributed by atoms with van der Waals surface area (Å²) in [4.78, 5) is 11.6. The molecule has 0 amide bonds. The molecule has 1 aromatic rings. The Bertz CT molecular complexity index is 395. The molecule has 0 bridgehead atoms. The number of carbonyl (C=O) groups excluding carboxylic acids is 1. The second kappa shape index (κ2) is 5.62. The van der Waals surface area contributed by atoms with E-state index in [9.17, 15) is 4.79 Å². The van der Waals surface area contributed by atoms with Crippen molar-refractivity contribution in [1.82, 2.24) is 0 Å². The molecule has 0 aliphatic heterocycles. The molecule has 0 heterocycles. The van der Waals surface area contributed by atoms with Crippen molar-refractivity contribution >= 4 is 46.5 Å². The van der Waals surface area contributed by atoms with E-state index in [2.05, 4.69) is 0 Å². The normalized spacial score (nSPS) is 10.2. The molecule has 0 aromatic heterocycles. The van der Waals surface area contributed by atoms with Crippen LogP contribution in [0.3, 0.4) is 0 Å². The number of ether oxygens (including phenoxy) is 1. The van der Waals surface area contributed by atoms with Crippen LogP contribution in [0, 0.1) is 0 Å². The standard InChI is InChI=1S/C10H10Cl3NO2/c1-2-3-16-10(15)7-8(13)5(11)4-6(12)9(7)14/h4H,2-3,14H2,1H3. The molecule has 0 saturated heterocycles. The number of nitrogen functional groups attached to an aromatic ring is 1. The van der Waals surface area contributed by atoms with Gasteiger partial charge in [0.2, 0.25) is 0 Å². The van der Waals surface area contributed by atoms with Gasteiger partial charge >= 0.3 is 5.97 Å². The van der Waals surface area contributed by atoms with Gasteiger partial charge in [0, 0.05) is 0 Å². The third-order valence-corrected chi connectivity index (χ3v) is 2.95. The van der Waals surface area contributed by atoms with Crippen molar-refractivity contribution in [3.63, 3.8) is 0 Å². The van der Waals surface area contributed by atoms with Crippen LogP contribution in [0.1, 0.15) is 23.7 Å². The van der Waals surface area contributed by atoms with Crippen molar-refractivity contribution < 1.29 is 9.53 Å². The van der Waals surface area contributed by atoms with Gasteiger partial charge in [-0.15, -0.1) is 0 Å². The van der Waals surface area contributed by atoms with Crippen molar-refractivity contribution in [3.8, 4) is 0 Å². The first-order valence-electron chi connectivity index (χ1n) is 4.59. The monoisotopic (exact) mass is 281 g/mol. The molecule has 0 fully saturated rings. The van der Waals surface area contributed by atoms with Gasteiger partial charge in [0.05, 0.1) is 27.4 Å². The first-order chi connectivity index (χ1) is 7.49. The number of halogens is 3. The van der Waals surface area contributed by atoms with Crippen molar-refractivity contribution in [2.24, 2.45) is 0 Å². The highest BCUT2D eigenvalue weighted by Crippen LogP contribution is 2.36. The van der Waals surface area contributed by atoms with E-state index in [1.807, 2.05) is 6.92 Å². The number of rotatable bonds is 3. The van der Waals surface area contributed by atoms with E-state index in [-0.39, 0.29) is 26.3 Å². The second-order valence-corrected chi connectivity index (χ2v) is 4.27. The molecular formula is C10H10Cl3NO2. The summed E-state index contributed by atoms with van der Waals surface area (Å²) in [7, 11) is 0. The van der Waals surface area contributed by atoms with E-state index >= 15 is 0 Å². The number of anilines is 1. The van der Waals surface area contributed by atoms with E-state index in [1.54, 1.807) is 0 Å². The van der Waals surface area contributed by atoms with Crippen LogP contribution in [0.4, 0.5) is 5.69 Å². The predicted molar refractivity (Wildman–Crippen MR) is 66.5 cm³/mol. The SMILES string of the molecule is CCCOC(=O)c1c(N)c(Cl)cc(Cl)c1Cl. The third-order valence-electron chi connectivity index (χ3n) is 1.85. The van der Waals surface area contributed by atoms with E-state index in [4.69, 9.17) is 45.3 Å². The molecular weight excluding hydrogens is 272 g/mol. The highest BCUT2D eigenvalue weighted by atomic mass is 35.5. The Hall–Kier alpha value is -0.640. The van der Waals surface area contributed by atoms with Crippen molar-refractivity contribution in [3.05, 3.63) is 26.7 Å². The van der Waals surface area contributed by atoms with Gasteiger partial charge < -0.3 is 10.5 Å². The minimum Gasteiger partial charge on any atom is -0.462 e. The number of hydrogen-bond acceptors (Lipinski definition) is 3. The molecule has 1 aromatic carbocycles. The highest BCUT2D eigenvalue weighted by Gasteiger charge is 2.20. The zero-order valence-electron chi connectivity index (χ0n) is 8.52. The fourth-order valence-corrected chi connectivity index (χ4v) is 1.77. The Morgan fingerprint density at radius 3 is 2.56 bits per heavy atom. The Labute approximate surface area is 108 Å². The van der Waals surface area contributed by atoms with Gasteiger partial charge in [-0.05, 0) is 12.5 Å². The number of carbonyl (C=O) groups is 1. The molecule has 0 saturated carbocycles. The molecule has 1 rings (SSSR count). The number of nitrogens with two attached hydrogens (primary N) is 1. The maximum absolute atomic E-state index is 11.6. The van der Waals surface area contributed by atoms with Crippen molar-refractivity contribution in [2.45, 2.75) is 13.3 Å². The van der Waals surface area contributed by atoms with E-state index in [0.29, 0.717) is 13.0 Å². The van der Waals surface area contributed by atoms with E-state index in [0.717, 1.165) is 0 Å². The number of esters is 1. The summed E-state index contributed by atoms with van der Waals surface area (Å²) in [6.45, 7) is 2.17. The lowest BCUT2D eigenvalue weighted by Gasteiger charge is -2.10. The van der Waals surface area contributed by atoms with Crippen LogP contribution < -0.4 is 5.73 Å². The van der Waals surface area contributed by atoms with Gasteiger partial charge in [-0.3, -0.25) is 0 Å². The Morgan fingerprint density at radius 1 is 1.38 bits per heavy atom. The molecule has 2 N–H and O–H groups in total. The lowest BCUT2D eigenvalue weighted by Crippen LogP contribution is -2.10. The lowest BCUT2D eigenvalue weighted by atomic mass is 10.2. The zero-order chi connectivity index (χ0) is 12.3. The van der Waals surface area contributed by atoms with Crippen molar-refractivity contribution in [2.75, 3.05) is 12.3 Å². The maximum atomic E-state index is 11.6. The molecule has 6 heteroatoms. The summed E-state index contributed by atoms with van der Waals surface area (Å²) in [6, 6.07) is 1.39.